The molecule has 0 radical (unpaired) electrons. The summed E-state index contributed by atoms with van der Waals surface area (Å²) in [6.45, 7) is 4.67. The summed E-state index contributed by atoms with van der Waals surface area (Å²) < 4.78 is 10.6. The molecule has 3 aromatic rings. The van der Waals surface area contributed by atoms with Gasteiger partial charge in [-0.2, -0.15) is 0 Å². The summed E-state index contributed by atoms with van der Waals surface area (Å²) in [5.41, 5.74) is 2.53. The monoisotopic (exact) mass is 345 g/mol. The van der Waals surface area contributed by atoms with Crippen LogP contribution < -0.4 is 4.74 Å². The first-order valence-corrected chi connectivity index (χ1v) is 8.95. The molecule has 126 valence electrons. The minimum atomic E-state index is 0.703. The van der Waals surface area contributed by atoms with Gasteiger partial charge in [0, 0.05) is 36.3 Å². The zero-order valence-electron chi connectivity index (χ0n) is 13.5. The van der Waals surface area contributed by atoms with Gasteiger partial charge in [0.05, 0.1) is 20.3 Å². The van der Waals surface area contributed by atoms with Gasteiger partial charge < -0.3 is 14.5 Å². The predicted octanol–water partition coefficient (Wildman–Crippen LogP) is 1.94. The number of nitrogens with zero attached hydrogens (tertiary/aromatic N) is 4. The van der Waals surface area contributed by atoms with Gasteiger partial charge in [-0.1, -0.05) is 11.8 Å². The topological polar surface area (TPSA) is 76.2 Å². The highest BCUT2D eigenvalue weighted by Gasteiger charge is 2.12. The third-order valence-corrected chi connectivity index (χ3v) is 4.96. The van der Waals surface area contributed by atoms with E-state index in [4.69, 9.17) is 9.47 Å². The van der Waals surface area contributed by atoms with Crippen LogP contribution in [0.4, 0.5) is 0 Å². The van der Waals surface area contributed by atoms with E-state index < -0.39 is 0 Å². The SMILES string of the molecule is COc1ccc2[nH]c3nc(SCCN4CCOCC4)nnc3c2c1. The first-order chi connectivity index (χ1) is 11.8. The lowest BCUT2D eigenvalue weighted by Gasteiger charge is -2.26. The van der Waals surface area contributed by atoms with Gasteiger partial charge in [0.25, 0.3) is 0 Å². The second-order valence-electron chi connectivity index (χ2n) is 5.63. The van der Waals surface area contributed by atoms with Crippen LogP contribution >= 0.6 is 11.8 Å². The van der Waals surface area contributed by atoms with Gasteiger partial charge in [-0.15, -0.1) is 10.2 Å². The van der Waals surface area contributed by atoms with Crippen molar-refractivity contribution in [2.75, 3.05) is 45.7 Å². The summed E-state index contributed by atoms with van der Waals surface area (Å²) in [5, 5.41) is 10.3. The lowest BCUT2D eigenvalue weighted by molar-refractivity contribution is 0.0410. The predicted molar refractivity (Wildman–Crippen MR) is 93.7 cm³/mol. The molecule has 24 heavy (non-hydrogen) atoms. The number of hydrogen-bond donors (Lipinski definition) is 1. The molecule has 1 aliphatic rings. The lowest BCUT2D eigenvalue weighted by Crippen LogP contribution is -2.37. The fourth-order valence-corrected chi connectivity index (χ4v) is 3.60. The molecule has 0 bridgehead atoms. The van der Waals surface area contributed by atoms with Gasteiger partial charge in [0.15, 0.2) is 5.65 Å². The van der Waals surface area contributed by atoms with Crippen LogP contribution in [0.15, 0.2) is 23.4 Å². The molecule has 0 spiro atoms. The Morgan fingerprint density at radius 1 is 1.29 bits per heavy atom. The zero-order chi connectivity index (χ0) is 16.4. The Balaban J connectivity index is 1.49. The maximum Gasteiger partial charge on any atom is 0.211 e. The van der Waals surface area contributed by atoms with Crippen molar-refractivity contribution in [2.45, 2.75) is 5.16 Å². The number of morpholine rings is 1. The van der Waals surface area contributed by atoms with Gasteiger partial charge in [0.2, 0.25) is 5.16 Å². The number of aromatic amines is 1. The quantitative estimate of drug-likeness (QED) is 0.708. The van der Waals surface area contributed by atoms with Gasteiger partial charge in [-0.05, 0) is 18.2 Å². The molecule has 1 saturated heterocycles. The molecule has 1 fully saturated rings. The van der Waals surface area contributed by atoms with Gasteiger partial charge in [-0.25, -0.2) is 4.98 Å². The normalized spacial score (nSPS) is 16.0. The highest BCUT2D eigenvalue weighted by atomic mass is 32.2. The molecular formula is C16H19N5O2S. The van der Waals surface area contributed by atoms with Crippen molar-refractivity contribution in [1.82, 2.24) is 25.1 Å². The molecule has 0 atom stereocenters. The Morgan fingerprint density at radius 3 is 3.00 bits per heavy atom. The molecule has 1 aromatic carbocycles. The van der Waals surface area contributed by atoms with Crippen molar-refractivity contribution >= 4 is 33.8 Å². The van der Waals surface area contributed by atoms with Gasteiger partial charge >= 0.3 is 0 Å². The number of nitrogens with one attached hydrogen (secondary N) is 1. The van der Waals surface area contributed by atoms with E-state index in [0.717, 1.165) is 66.4 Å². The number of ether oxygens (including phenoxy) is 2. The highest BCUT2D eigenvalue weighted by molar-refractivity contribution is 7.99. The smallest absolute Gasteiger partial charge is 0.211 e. The van der Waals surface area contributed by atoms with Crippen LogP contribution in [0.25, 0.3) is 22.1 Å². The minimum Gasteiger partial charge on any atom is -0.497 e. The number of benzene rings is 1. The number of fused-ring (bicyclic) bond motifs is 3. The first kappa shape index (κ1) is 15.6. The standard InChI is InChI=1S/C16H19N5O2S/c1-22-11-2-3-13-12(10-11)14-15(17-13)18-16(20-19-14)24-9-6-21-4-7-23-8-5-21/h2-3,10H,4-9H2,1H3,(H,17,18,20). The van der Waals surface area contributed by atoms with E-state index in [1.807, 2.05) is 18.2 Å². The summed E-state index contributed by atoms with van der Waals surface area (Å²) in [7, 11) is 1.66. The lowest BCUT2D eigenvalue weighted by atomic mass is 10.2. The fraction of sp³-hybridized carbons (Fsp3) is 0.438. The molecular weight excluding hydrogens is 326 g/mol. The van der Waals surface area contributed by atoms with E-state index in [1.54, 1.807) is 18.9 Å². The molecule has 0 aliphatic carbocycles. The Labute approximate surface area is 143 Å². The summed E-state index contributed by atoms with van der Waals surface area (Å²) in [4.78, 5) is 10.3. The van der Waals surface area contributed by atoms with E-state index in [1.165, 1.54) is 0 Å². The molecule has 2 aromatic heterocycles. The third kappa shape index (κ3) is 3.17. The van der Waals surface area contributed by atoms with E-state index >= 15 is 0 Å². The molecule has 0 unspecified atom stereocenters. The second-order valence-corrected chi connectivity index (χ2v) is 6.69. The van der Waals surface area contributed by atoms with E-state index in [-0.39, 0.29) is 0 Å². The van der Waals surface area contributed by atoms with Crippen LogP contribution in [0.5, 0.6) is 5.75 Å². The zero-order valence-corrected chi connectivity index (χ0v) is 14.3. The van der Waals surface area contributed by atoms with Gasteiger partial charge in [0.1, 0.15) is 11.3 Å². The van der Waals surface area contributed by atoms with E-state index in [2.05, 4.69) is 25.1 Å². The van der Waals surface area contributed by atoms with Crippen molar-refractivity contribution < 1.29 is 9.47 Å². The average molecular weight is 345 g/mol. The maximum absolute atomic E-state index is 5.36. The Kier molecular flexibility index (Phi) is 4.50. The van der Waals surface area contributed by atoms with Crippen molar-refractivity contribution in [3.05, 3.63) is 18.2 Å². The first-order valence-electron chi connectivity index (χ1n) is 7.96. The molecule has 7 nitrogen and oxygen atoms in total. The number of hydrogen-bond acceptors (Lipinski definition) is 7. The molecule has 4 rings (SSSR count). The van der Waals surface area contributed by atoms with Crippen LogP contribution in [-0.4, -0.2) is 70.8 Å². The number of thioether (sulfide) groups is 1. The maximum atomic E-state index is 5.36. The highest BCUT2D eigenvalue weighted by Crippen LogP contribution is 2.27. The van der Waals surface area contributed by atoms with E-state index in [9.17, 15) is 0 Å². The number of aromatic nitrogens is 4. The molecule has 8 heteroatoms. The van der Waals surface area contributed by atoms with Crippen LogP contribution in [0.1, 0.15) is 0 Å². The Bertz CT molecular complexity index is 847. The molecule has 0 saturated carbocycles. The summed E-state index contributed by atoms with van der Waals surface area (Å²) in [5.74, 6) is 1.75. The van der Waals surface area contributed by atoms with Gasteiger partial charge in [-0.3, -0.25) is 4.90 Å². The number of H-pyrrole nitrogens is 1. The summed E-state index contributed by atoms with van der Waals surface area (Å²) in [6.07, 6.45) is 0. The second kappa shape index (κ2) is 6.92. The summed E-state index contributed by atoms with van der Waals surface area (Å²) in [6, 6.07) is 5.85. The molecule has 3 heterocycles. The summed E-state index contributed by atoms with van der Waals surface area (Å²) >= 11 is 1.63. The molecule has 1 aliphatic heterocycles. The van der Waals surface area contributed by atoms with Crippen LogP contribution in [-0.2, 0) is 4.74 Å². The van der Waals surface area contributed by atoms with Crippen molar-refractivity contribution in [3.8, 4) is 5.75 Å². The largest absolute Gasteiger partial charge is 0.497 e. The number of methoxy groups -OCH3 is 1. The Morgan fingerprint density at radius 2 is 2.17 bits per heavy atom. The molecule has 0 amide bonds. The third-order valence-electron chi connectivity index (χ3n) is 4.14. The van der Waals surface area contributed by atoms with E-state index in [0.29, 0.717) is 5.16 Å². The van der Waals surface area contributed by atoms with Crippen LogP contribution in [0.2, 0.25) is 0 Å². The van der Waals surface area contributed by atoms with Crippen molar-refractivity contribution in [1.29, 1.82) is 0 Å². The fourth-order valence-electron chi connectivity index (χ4n) is 2.81. The van der Waals surface area contributed by atoms with Crippen molar-refractivity contribution in [3.63, 3.8) is 0 Å². The minimum absolute atomic E-state index is 0.703. The van der Waals surface area contributed by atoms with Crippen molar-refractivity contribution in [2.24, 2.45) is 0 Å². The Hall–Kier alpha value is -1.90. The number of rotatable bonds is 5. The average Bonchev–Trinajstić information content (AvgIpc) is 2.99. The van der Waals surface area contributed by atoms with Crippen LogP contribution in [0.3, 0.4) is 0 Å². The van der Waals surface area contributed by atoms with Crippen LogP contribution in [0, 0.1) is 0 Å². The molecule has 1 N–H and O–H groups in total.